The zero-order valence-electron chi connectivity index (χ0n) is 16.4. The van der Waals surface area contributed by atoms with E-state index in [1.807, 2.05) is 30.1 Å². The maximum absolute atomic E-state index is 13.5. The number of aryl methyl sites for hydroxylation is 2. The fraction of sp³-hybridized carbons (Fsp3) is 0.318. The van der Waals surface area contributed by atoms with Crippen LogP contribution in [0.15, 0.2) is 45.8 Å². The second-order valence-electron chi connectivity index (χ2n) is 7.16. The summed E-state index contributed by atoms with van der Waals surface area (Å²) in [6, 6.07) is 11.8. The molecule has 1 aliphatic rings. The molecule has 1 amide bonds. The van der Waals surface area contributed by atoms with Crippen molar-refractivity contribution >= 4 is 44.5 Å². The van der Waals surface area contributed by atoms with Gasteiger partial charge in [-0.15, -0.1) is 11.8 Å². The number of phenols is 1. The number of benzene rings is 2. The molecule has 0 atom stereocenters. The lowest BCUT2D eigenvalue weighted by Crippen LogP contribution is -2.41. The second-order valence-corrected chi connectivity index (χ2v) is 9.03. The number of morpholine rings is 1. The molecule has 0 unspecified atom stereocenters. The number of aromatic nitrogens is 1. The van der Waals surface area contributed by atoms with Gasteiger partial charge >= 0.3 is 0 Å². The van der Waals surface area contributed by atoms with Crippen LogP contribution in [0.2, 0.25) is 0 Å². The smallest absolute Gasteiger partial charge is 0.256 e. The van der Waals surface area contributed by atoms with E-state index in [1.165, 1.54) is 10.5 Å². The molecule has 7 heteroatoms. The lowest BCUT2D eigenvalue weighted by atomic mass is 10.1. The van der Waals surface area contributed by atoms with Crippen LogP contribution in [-0.2, 0) is 17.5 Å². The van der Waals surface area contributed by atoms with Crippen LogP contribution in [0.5, 0.6) is 5.75 Å². The van der Waals surface area contributed by atoms with Gasteiger partial charge in [-0.1, -0.05) is 18.2 Å². The molecule has 0 saturated carbocycles. The number of ether oxygens (including phenoxy) is 1. The Morgan fingerprint density at radius 1 is 1.24 bits per heavy atom. The average Bonchev–Trinajstić information content (AvgIpc) is 2.99. The second kappa shape index (κ2) is 8.42. The summed E-state index contributed by atoms with van der Waals surface area (Å²) in [5.74, 6) is 0.804. The van der Waals surface area contributed by atoms with Gasteiger partial charge in [0, 0.05) is 41.9 Å². The number of halogens is 1. The zero-order chi connectivity index (χ0) is 20.5. The molecule has 5 nitrogen and oxygen atoms in total. The van der Waals surface area contributed by atoms with E-state index in [9.17, 15) is 9.90 Å². The van der Waals surface area contributed by atoms with Gasteiger partial charge in [0.05, 0.1) is 28.8 Å². The minimum absolute atomic E-state index is 0.000932. The van der Waals surface area contributed by atoms with Gasteiger partial charge in [0.1, 0.15) is 5.75 Å². The van der Waals surface area contributed by atoms with Gasteiger partial charge in [-0.2, -0.15) is 0 Å². The molecule has 0 bridgehead atoms. The Kier molecular flexibility index (Phi) is 5.90. The first kappa shape index (κ1) is 20.3. The number of rotatable bonds is 4. The molecule has 0 radical (unpaired) electrons. The topological polar surface area (TPSA) is 54.7 Å². The Bertz CT molecular complexity index is 1070. The van der Waals surface area contributed by atoms with Gasteiger partial charge in [0.15, 0.2) is 0 Å². The fourth-order valence-corrected chi connectivity index (χ4v) is 5.13. The minimum Gasteiger partial charge on any atom is -0.507 e. The number of amides is 1. The summed E-state index contributed by atoms with van der Waals surface area (Å²) in [5.41, 5.74) is 3.78. The first-order valence-corrected chi connectivity index (χ1v) is 11.3. The normalized spacial score (nSPS) is 14.5. The van der Waals surface area contributed by atoms with Gasteiger partial charge in [-0.05, 0) is 46.6 Å². The van der Waals surface area contributed by atoms with Crippen LogP contribution >= 0.6 is 27.7 Å². The number of hydrogen-bond acceptors (Lipinski definition) is 4. The quantitative estimate of drug-likeness (QED) is 0.555. The van der Waals surface area contributed by atoms with Crippen LogP contribution in [0.1, 0.15) is 21.6 Å². The summed E-state index contributed by atoms with van der Waals surface area (Å²) in [5, 5.41) is 11.1. The molecular formula is C22H23BrN2O3S. The fourth-order valence-electron chi connectivity index (χ4n) is 3.69. The van der Waals surface area contributed by atoms with E-state index in [4.69, 9.17) is 4.74 Å². The van der Waals surface area contributed by atoms with Gasteiger partial charge in [-0.25, -0.2) is 0 Å². The highest BCUT2D eigenvalue weighted by atomic mass is 79.9. The molecule has 1 N–H and O–H groups in total. The summed E-state index contributed by atoms with van der Waals surface area (Å²) in [7, 11) is 1.98. The van der Waals surface area contributed by atoms with Gasteiger partial charge in [-0.3, -0.25) is 4.79 Å². The highest BCUT2D eigenvalue weighted by molar-refractivity contribution is 9.10. The predicted molar refractivity (Wildman–Crippen MR) is 120 cm³/mol. The maximum Gasteiger partial charge on any atom is 0.256 e. The van der Waals surface area contributed by atoms with E-state index < -0.39 is 0 Å². The van der Waals surface area contributed by atoms with Crippen LogP contribution in [0.4, 0.5) is 0 Å². The summed E-state index contributed by atoms with van der Waals surface area (Å²) in [6.45, 7) is 4.38. The van der Waals surface area contributed by atoms with Crippen LogP contribution in [-0.4, -0.2) is 46.8 Å². The Balaban J connectivity index is 1.79. The standard InChI is InChI=1S/C22H23BrN2O3S/c1-14-5-3-4-6-20(14)29-13-18-21(22(27)25-7-9-28-10-8-25)15-11-19(26)16(23)12-17(15)24(18)2/h3-6,11-12,26H,7-10,13H2,1-2H3. The molecule has 1 aromatic heterocycles. The number of phenolic OH excluding ortho intramolecular Hbond substituents is 1. The Labute approximate surface area is 182 Å². The molecule has 2 heterocycles. The van der Waals surface area contributed by atoms with E-state index >= 15 is 0 Å². The van der Waals surface area contributed by atoms with E-state index in [1.54, 1.807) is 17.8 Å². The van der Waals surface area contributed by atoms with Crippen molar-refractivity contribution in [3.05, 3.63) is 57.7 Å². The van der Waals surface area contributed by atoms with Gasteiger partial charge < -0.3 is 19.3 Å². The molecule has 152 valence electrons. The maximum atomic E-state index is 13.5. The molecular weight excluding hydrogens is 452 g/mol. The van der Waals surface area contributed by atoms with Crippen molar-refractivity contribution in [1.29, 1.82) is 0 Å². The monoisotopic (exact) mass is 474 g/mol. The molecule has 1 saturated heterocycles. The molecule has 0 aliphatic carbocycles. The summed E-state index contributed by atoms with van der Waals surface area (Å²) < 4.78 is 8.10. The van der Waals surface area contributed by atoms with E-state index in [0.717, 1.165) is 16.6 Å². The minimum atomic E-state index is 0.000932. The highest BCUT2D eigenvalue weighted by Crippen LogP contribution is 2.37. The van der Waals surface area contributed by atoms with Crippen molar-refractivity contribution in [3.63, 3.8) is 0 Å². The van der Waals surface area contributed by atoms with Crippen LogP contribution in [0.25, 0.3) is 10.9 Å². The third kappa shape index (κ3) is 3.91. The number of carbonyl (C=O) groups excluding carboxylic acids is 1. The molecule has 0 spiro atoms. The number of aromatic hydroxyl groups is 1. The lowest BCUT2D eigenvalue weighted by Gasteiger charge is -2.27. The van der Waals surface area contributed by atoms with Crippen molar-refractivity contribution in [3.8, 4) is 5.75 Å². The Morgan fingerprint density at radius 3 is 2.69 bits per heavy atom. The van der Waals surface area contributed by atoms with E-state index in [-0.39, 0.29) is 11.7 Å². The summed E-state index contributed by atoms with van der Waals surface area (Å²) in [4.78, 5) is 16.5. The molecule has 29 heavy (non-hydrogen) atoms. The molecule has 3 aromatic rings. The van der Waals surface area contributed by atoms with Crippen molar-refractivity contribution in [2.45, 2.75) is 17.6 Å². The van der Waals surface area contributed by atoms with E-state index in [0.29, 0.717) is 42.1 Å². The number of nitrogens with zero attached hydrogens (tertiary/aromatic N) is 2. The molecule has 2 aromatic carbocycles. The Morgan fingerprint density at radius 2 is 1.97 bits per heavy atom. The van der Waals surface area contributed by atoms with Crippen molar-refractivity contribution < 1.29 is 14.6 Å². The molecule has 1 fully saturated rings. The average molecular weight is 475 g/mol. The largest absolute Gasteiger partial charge is 0.507 e. The zero-order valence-corrected chi connectivity index (χ0v) is 18.8. The summed E-state index contributed by atoms with van der Waals surface area (Å²) >= 11 is 5.13. The first-order chi connectivity index (χ1) is 14.0. The van der Waals surface area contributed by atoms with Crippen LogP contribution in [0.3, 0.4) is 0 Å². The highest BCUT2D eigenvalue weighted by Gasteiger charge is 2.27. The number of fused-ring (bicyclic) bond motifs is 1. The van der Waals surface area contributed by atoms with Gasteiger partial charge in [0.2, 0.25) is 0 Å². The summed E-state index contributed by atoms with van der Waals surface area (Å²) in [6.07, 6.45) is 0. The van der Waals surface area contributed by atoms with Gasteiger partial charge in [0.25, 0.3) is 5.91 Å². The van der Waals surface area contributed by atoms with Crippen LogP contribution < -0.4 is 0 Å². The molecule has 4 rings (SSSR count). The third-order valence-corrected chi connectivity index (χ3v) is 7.18. The van der Waals surface area contributed by atoms with Crippen molar-refractivity contribution in [1.82, 2.24) is 9.47 Å². The number of hydrogen-bond donors (Lipinski definition) is 1. The van der Waals surface area contributed by atoms with Crippen molar-refractivity contribution in [2.75, 3.05) is 26.3 Å². The molecule has 1 aliphatic heterocycles. The third-order valence-electron chi connectivity index (χ3n) is 5.36. The predicted octanol–water partition coefficient (Wildman–Crippen LogP) is 4.72. The lowest BCUT2D eigenvalue weighted by molar-refractivity contribution is 0.0303. The SMILES string of the molecule is Cc1ccccc1SCc1c(C(=O)N2CCOCC2)c2cc(O)c(Br)cc2n1C. The van der Waals surface area contributed by atoms with Crippen molar-refractivity contribution in [2.24, 2.45) is 7.05 Å². The van der Waals surface area contributed by atoms with Crippen LogP contribution in [0, 0.1) is 6.92 Å². The first-order valence-electron chi connectivity index (χ1n) is 9.52. The Hall–Kier alpha value is -1.96. The van der Waals surface area contributed by atoms with E-state index in [2.05, 4.69) is 39.6 Å². The number of carbonyl (C=O) groups is 1. The number of thioether (sulfide) groups is 1.